The summed E-state index contributed by atoms with van der Waals surface area (Å²) in [5, 5.41) is 2.10. The number of unbranched alkanes of at least 4 members (excludes halogenated alkanes) is 18. The minimum atomic E-state index is -0.476. The van der Waals surface area contributed by atoms with Crippen LogP contribution in [0, 0.1) is 0 Å². The number of hydrazine groups is 1. The van der Waals surface area contributed by atoms with E-state index in [0.29, 0.717) is 0 Å². The Morgan fingerprint density at radius 2 is 0.844 bits per heavy atom. The van der Waals surface area contributed by atoms with E-state index in [9.17, 15) is 4.79 Å². The van der Waals surface area contributed by atoms with Crippen LogP contribution in [0.4, 0.5) is 4.79 Å². The Hall–Kier alpha value is -1.81. The van der Waals surface area contributed by atoms with Gasteiger partial charge in [-0.15, -0.1) is 0 Å². The van der Waals surface area contributed by atoms with E-state index in [1.807, 2.05) is 20.8 Å². The highest BCUT2D eigenvalue weighted by Gasteiger charge is 2.18. The Balaban J connectivity index is 3.99. The van der Waals surface area contributed by atoms with Gasteiger partial charge in [0, 0.05) is 13.1 Å². The average molecular weight is 629 g/mol. The summed E-state index contributed by atoms with van der Waals surface area (Å²) < 4.78 is 5.52. The van der Waals surface area contributed by atoms with Gasteiger partial charge in [-0.2, -0.15) is 0 Å². The molecule has 0 heterocycles. The molecule has 0 rings (SSSR count). The predicted molar refractivity (Wildman–Crippen MR) is 200 cm³/mol. The molecule has 0 aromatic carbocycles. The number of rotatable bonds is 31. The highest BCUT2D eigenvalue weighted by molar-refractivity contribution is 5.67. The zero-order valence-corrected chi connectivity index (χ0v) is 30.8. The number of nitrogens with one attached hydrogen (secondary N) is 1. The Morgan fingerprint density at radius 3 is 1.20 bits per heavy atom. The predicted octanol–water partition coefficient (Wildman–Crippen LogP) is 13.4. The van der Waals surface area contributed by atoms with Gasteiger partial charge in [0.1, 0.15) is 5.60 Å². The van der Waals surface area contributed by atoms with Crippen LogP contribution in [0.1, 0.15) is 189 Å². The summed E-state index contributed by atoms with van der Waals surface area (Å²) in [6.07, 6.45) is 48.3. The van der Waals surface area contributed by atoms with E-state index in [4.69, 9.17) is 4.74 Å². The van der Waals surface area contributed by atoms with Crippen LogP contribution in [0.15, 0.2) is 48.6 Å². The maximum atomic E-state index is 12.4. The lowest BCUT2D eigenvalue weighted by Gasteiger charge is -2.26. The van der Waals surface area contributed by atoms with Crippen LogP contribution in [0.2, 0.25) is 0 Å². The maximum Gasteiger partial charge on any atom is 0.422 e. The molecule has 0 radical (unpaired) electrons. The summed E-state index contributed by atoms with van der Waals surface area (Å²) in [4.78, 5) is 12.4. The first-order valence-corrected chi connectivity index (χ1v) is 19.2. The summed E-state index contributed by atoms with van der Waals surface area (Å²) in [6.45, 7) is 12.1. The van der Waals surface area contributed by atoms with Gasteiger partial charge in [-0.3, -0.25) is 5.43 Å². The van der Waals surface area contributed by atoms with Crippen molar-refractivity contribution in [2.45, 2.75) is 194 Å². The number of carbonyl (C=O) groups is 1. The molecule has 0 aromatic heterocycles. The van der Waals surface area contributed by atoms with Crippen LogP contribution in [0.5, 0.6) is 0 Å². The Bertz CT molecular complexity index is 699. The molecule has 0 saturated carbocycles. The molecule has 4 heteroatoms. The van der Waals surface area contributed by atoms with Crippen LogP contribution in [-0.4, -0.2) is 29.8 Å². The fourth-order valence-corrected chi connectivity index (χ4v) is 5.24. The van der Waals surface area contributed by atoms with Gasteiger partial charge in [0.05, 0.1) is 0 Å². The van der Waals surface area contributed by atoms with Crippen molar-refractivity contribution in [1.82, 2.24) is 10.4 Å². The Labute approximate surface area is 281 Å². The van der Waals surface area contributed by atoms with Gasteiger partial charge in [0.2, 0.25) is 0 Å². The molecule has 45 heavy (non-hydrogen) atoms. The van der Waals surface area contributed by atoms with E-state index in [2.05, 4.69) is 72.9 Å². The molecular formula is C41H76N2O2. The van der Waals surface area contributed by atoms with Crippen LogP contribution in [-0.2, 0) is 4.74 Å². The quantitative estimate of drug-likeness (QED) is 0.0472. The number of ether oxygens (including phenoxy) is 1. The molecule has 262 valence electrons. The second-order valence-electron chi connectivity index (χ2n) is 13.8. The largest absolute Gasteiger partial charge is 0.443 e. The summed E-state index contributed by atoms with van der Waals surface area (Å²) in [6, 6.07) is 0. The standard InChI is InChI=1S/C41H76N2O2/c1-6-8-10-12-14-16-18-20-22-24-26-28-30-32-34-36-38-43(42-40(44)45-41(3,4)5)39-37-35-33-31-29-27-25-23-21-19-17-15-13-11-9-7-2/h14-17,20-23H,6-13,18-19,24-39H2,1-5H3,(H,42,44)/b16-14-,17-15-,22-20-,23-21-. The van der Waals surface area contributed by atoms with Crippen LogP contribution >= 0.6 is 0 Å². The summed E-state index contributed by atoms with van der Waals surface area (Å²) in [5.74, 6) is 0. The molecule has 0 aromatic rings. The van der Waals surface area contributed by atoms with Crippen molar-refractivity contribution in [2.75, 3.05) is 13.1 Å². The van der Waals surface area contributed by atoms with Gasteiger partial charge >= 0.3 is 6.09 Å². The number of carbonyl (C=O) groups excluding carboxylic acids is 1. The molecule has 0 bridgehead atoms. The Morgan fingerprint density at radius 1 is 0.511 bits per heavy atom. The molecule has 0 aliphatic carbocycles. The molecule has 1 N–H and O–H groups in total. The van der Waals surface area contributed by atoms with Crippen molar-refractivity contribution in [3.8, 4) is 0 Å². The SMILES string of the molecule is CCCCC/C=C\C/C=C\CCCCCCCCN(CCCCCCCC/C=C\C/C=C\CCCCC)NC(=O)OC(C)(C)C. The lowest BCUT2D eigenvalue weighted by molar-refractivity contribution is 0.0323. The van der Waals surface area contributed by atoms with Crippen molar-refractivity contribution in [1.29, 1.82) is 0 Å². The van der Waals surface area contributed by atoms with Crippen LogP contribution in [0.25, 0.3) is 0 Å². The van der Waals surface area contributed by atoms with E-state index in [1.54, 1.807) is 0 Å². The highest BCUT2D eigenvalue weighted by Crippen LogP contribution is 2.12. The van der Waals surface area contributed by atoms with Gasteiger partial charge in [0.25, 0.3) is 0 Å². The van der Waals surface area contributed by atoms with E-state index >= 15 is 0 Å². The molecule has 0 spiro atoms. The van der Waals surface area contributed by atoms with Gasteiger partial charge in [-0.25, -0.2) is 9.80 Å². The normalized spacial score (nSPS) is 12.6. The third-order valence-electron chi connectivity index (χ3n) is 7.91. The number of nitrogens with zero attached hydrogens (tertiary/aromatic N) is 1. The minimum absolute atomic E-state index is 0.331. The summed E-state index contributed by atoms with van der Waals surface area (Å²) in [7, 11) is 0. The molecule has 0 aliphatic rings. The van der Waals surface area contributed by atoms with E-state index in [0.717, 1.165) is 38.8 Å². The van der Waals surface area contributed by atoms with E-state index in [-0.39, 0.29) is 6.09 Å². The van der Waals surface area contributed by atoms with Gasteiger partial charge in [-0.05, 0) is 97.8 Å². The van der Waals surface area contributed by atoms with E-state index in [1.165, 1.54) is 128 Å². The zero-order valence-electron chi connectivity index (χ0n) is 30.8. The fourth-order valence-electron chi connectivity index (χ4n) is 5.24. The lowest BCUT2D eigenvalue weighted by atomic mass is 10.1. The van der Waals surface area contributed by atoms with Crippen molar-refractivity contribution in [2.24, 2.45) is 0 Å². The number of amides is 1. The first-order valence-electron chi connectivity index (χ1n) is 19.2. The average Bonchev–Trinajstić information content (AvgIpc) is 2.99. The van der Waals surface area contributed by atoms with Crippen molar-refractivity contribution >= 4 is 6.09 Å². The third kappa shape index (κ3) is 36.5. The molecular weight excluding hydrogens is 552 g/mol. The molecule has 4 nitrogen and oxygen atoms in total. The lowest BCUT2D eigenvalue weighted by Crippen LogP contribution is -2.45. The van der Waals surface area contributed by atoms with E-state index < -0.39 is 5.60 Å². The van der Waals surface area contributed by atoms with Crippen LogP contribution in [0.3, 0.4) is 0 Å². The monoisotopic (exact) mass is 629 g/mol. The van der Waals surface area contributed by atoms with Crippen molar-refractivity contribution < 1.29 is 9.53 Å². The Kier molecular flexibility index (Phi) is 32.2. The maximum absolute atomic E-state index is 12.4. The third-order valence-corrected chi connectivity index (χ3v) is 7.91. The van der Waals surface area contributed by atoms with Gasteiger partial charge < -0.3 is 4.74 Å². The number of hydrogen-bond donors (Lipinski definition) is 1. The second-order valence-corrected chi connectivity index (χ2v) is 13.8. The first kappa shape index (κ1) is 43.2. The highest BCUT2D eigenvalue weighted by atomic mass is 16.6. The number of allylic oxidation sites excluding steroid dienone is 8. The smallest absolute Gasteiger partial charge is 0.422 e. The summed E-state index contributed by atoms with van der Waals surface area (Å²) in [5.41, 5.74) is 2.55. The second kappa shape index (κ2) is 33.6. The topological polar surface area (TPSA) is 41.6 Å². The molecule has 0 atom stereocenters. The molecule has 0 aliphatic heterocycles. The molecule has 1 amide bonds. The summed E-state index contributed by atoms with van der Waals surface area (Å²) >= 11 is 0. The van der Waals surface area contributed by atoms with Crippen LogP contribution < -0.4 is 5.43 Å². The molecule has 0 saturated heterocycles. The first-order chi connectivity index (χ1) is 21.9. The minimum Gasteiger partial charge on any atom is -0.443 e. The van der Waals surface area contributed by atoms with Gasteiger partial charge in [0.15, 0.2) is 0 Å². The molecule has 0 unspecified atom stereocenters. The fraction of sp³-hybridized carbons (Fsp3) is 0.780. The molecule has 0 fully saturated rings. The van der Waals surface area contributed by atoms with Gasteiger partial charge in [-0.1, -0.05) is 140 Å². The van der Waals surface area contributed by atoms with Crippen molar-refractivity contribution in [3.63, 3.8) is 0 Å². The number of hydrogen-bond acceptors (Lipinski definition) is 3. The zero-order chi connectivity index (χ0) is 33.1. The van der Waals surface area contributed by atoms with Crippen molar-refractivity contribution in [3.05, 3.63) is 48.6 Å².